The normalized spacial score (nSPS) is 11.6. The van der Waals surface area contributed by atoms with Crippen LogP contribution in [0.25, 0.3) is 0 Å². The number of ether oxygens (including phenoxy) is 1. The lowest BCUT2D eigenvalue weighted by molar-refractivity contribution is -0.0498. The second kappa shape index (κ2) is 9.64. The van der Waals surface area contributed by atoms with Crippen LogP contribution in [0.15, 0.2) is 24.3 Å². The van der Waals surface area contributed by atoms with E-state index in [9.17, 15) is 13.6 Å². The van der Waals surface area contributed by atoms with E-state index in [2.05, 4.69) is 27.2 Å². The summed E-state index contributed by atoms with van der Waals surface area (Å²) < 4.78 is 28.4. The Kier molecular flexibility index (Phi) is 7.84. The average Bonchev–Trinajstić information content (AvgIpc) is 2.46. The molecule has 0 aliphatic rings. The molecule has 5 nitrogen and oxygen atoms in total. The molecule has 1 rings (SSSR count). The molecule has 0 aliphatic carbocycles. The van der Waals surface area contributed by atoms with Crippen molar-refractivity contribution in [1.29, 1.82) is 0 Å². The summed E-state index contributed by atoms with van der Waals surface area (Å²) >= 11 is 0. The highest BCUT2D eigenvalue weighted by Gasteiger charge is 2.10. The zero-order valence-corrected chi connectivity index (χ0v) is 13.4. The highest BCUT2D eigenvalue weighted by molar-refractivity contribution is 5.74. The van der Waals surface area contributed by atoms with Crippen molar-refractivity contribution < 1.29 is 18.3 Å². The maximum Gasteiger partial charge on any atom is 0.387 e. The number of hydrogen-bond acceptors (Lipinski definition) is 3. The molecule has 0 aromatic heterocycles. The van der Waals surface area contributed by atoms with Crippen molar-refractivity contribution in [3.05, 3.63) is 29.8 Å². The Labute approximate surface area is 135 Å². The molecule has 7 heteroatoms. The molecule has 0 spiro atoms. The van der Waals surface area contributed by atoms with E-state index in [0.717, 1.165) is 5.56 Å². The molecule has 2 N–H and O–H groups in total. The Morgan fingerprint density at radius 3 is 2.48 bits per heavy atom. The first-order valence-electron chi connectivity index (χ1n) is 7.08. The SMILES string of the molecule is CC(NC(=O)NCC#CCN(C)C)c1ccc(OC(F)F)cc1. The zero-order valence-electron chi connectivity index (χ0n) is 13.4. The second-order valence-corrected chi connectivity index (χ2v) is 5.09. The minimum absolute atomic E-state index is 0.0802. The van der Waals surface area contributed by atoms with Gasteiger partial charge in [-0.05, 0) is 38.7 Å². The van der Waals surface area contributed by atoms with E-state index in [4.69, 9.17) is 0 Å². The monoisotopic (exact) mass is 325 g/mol. The van der Waals surface area contributed by atoms with E-state index >= 15 is 0 Å². The van der Waals surface area contributed by atoms with Gasteiger partial charge in [0.25, 0.3) is 0 Å². The van der Waals surface area contributed by atoms with E-state index in [0.29, 0.717) is 6.54 Å². The van der Waals surface area contributed by atoms with Crippen LogP contribution in [0.3, 0.4) is 0 Å². The summed E-state index contributed by atoms with van der Waals surface area (Å²) in [6.07, 6.45) is 0. The standard InChI is InChI=1S/C16H21F2N3O2/c1-12(13-6-8-14(9-7-13)23-15(17)18)20-16(22)19-10-4-5-11-21(2)3/h6-9,12,15H,10-11H2,1-3H3,(H2,19,20,22). The molecule has 0 aliphatic heterocycles. The van der Waals surface area contributed by atoms with Crippen LogP contribution in [0.1, 0.15) is 18.5 Å². The number of carbonyl (C=O) groups excluding carboxylic acids is 1. The van der Waals surface area contributed by atoms with Crippen molar-refractivity contribution in [1.82, 2.24) is 15.5 Å². The van der Waals surface area contributed by atoms with E-state index in [1.54, 1.807) is 19.1 Å². The summed E-state index contributed by atoms with van der Waals surface area (Å²) in [6, 6.07) is 5.50. The Balaban J connectivity index is 2.40. The van der Waals surface area contributed by atoms with E-state index in [1.807, 2.05) is 19.0 Å². The Morgan fingerprint density at radius 2 is 1.91 bits per heavy atom. The van der Waals surface area contributed by atoms with Crippen LogP contribution in [0.5, 0.6) is 5.75 Å². The summed E-state index contributed by atoms with van der Waals surface area (Å²) in [4.78, 5) is 13.6. The van der Waals surface area contributed by atoms with Gasteiger partial charge in [-0.1, -0.05) is 24.0 Å². The fourth-order valence-electron chi connectivity index (χ4n) is 1.67. The first kappa shape index (κ1) is 18.7. The molecular weight excluding hydrogens is 304 g/mol. The van der Waals surface area contributed by atoms with Crippen LogP contribution >= 0.6 is 0 Å². The number of alkyl halides is 2. The van der Waals surface area contributed by atoms with Gasteiger partial charge in [0, 0.05) is 0 Å². The molecule has 1 aromatic carbocycles. The number of rotatable bonds is 6. The van der Waals surface area contributed by atoms with E-state index < -0.39 is 6.61 Å². The molecule has 2 amide bonds. The van der Waals surface area contributed by atoms with Crippen LogP contribution in [-0.4, -0.2) is 44.7 Å². The molecular formula is C16H21F2N3O2. The van der Waals surface area contributed by atoms with Gasteiger partial charge in [-0.25, -0.2) is 4.79 Å². The number of urea groups is 1. The van der Waals surface area contributed by atoms with Crippen molar-refractivity contribution >= 4 is 6.03 Å². The number of hydrogen-bond donors (Lipinski definition) is 2. The maximum atomic E-state index is 12.1. The fraction of sp³-hybridized carbons (Fsp3) is 0.438. The van der Waals surface area contributed by atoms with Gasteiger partial charge in [0.05, 0.1) is 19.1 Å². The van der Waals surface area contributed by atoms with Crippen molar-refractivity contribution in [3.8, 4) is 17.6 Å². The first-order valence-corrected chi connectivity index (χ1v) is 7.08. The van der Waals surface area contributed by atoms with Crippen LogP contribution in [0.4, 0.5) is 13.6 Å². The average molecular weight is 325 g/mol. The number of halogens is 2. The third-order valence-corrected chi connectivity index (χ3v) is 2.81. The summed E-state index contributed by atoms with van der Waals surface area (Å²) in [5.74, 6) is 5.82. The number of amides is 2. The highest BCUT2D eigenvalue weighted by atomic mass is 19.3. The van der Waals surface area contributed by atoms with E-state index in [1.165, 1.54) is 12.1 Å². The summed E-state index contributed by atoms with van der Waals surface area (Å²) in [7, 11) is 3.82. The van der Waals surface area contributed by atoms with Gasteiger partial charge in [0.2, 0.25) is 0 Å². The molecule has 0 saturated heterocycles. The van der Waals surface area contributed by atoms with Crippen molar-refractivity contribution in [2.24, 2.45) is 0 Å². The maximum absolute atomic E-state index is 12.1. The quantitative estimate of drug-likeness (QED) is 0.789. The lowest BCUT2D eigenvalue weighted by Gasteiger charge is -2.15. The molecule has 1 aromatic rings. The minimum Gasteiger partial charge on any atom is -0.435 e. The van der Waals surface area contributed by atoms with Crippen molar-refractivity contribution in [2.45, 2.75) is 19.6 Å². The topological polar surface area (TPSA) is 53.6 Å². The smallest absolute Gasteiger partial charge is 0.387 e. The molecule has 0 bridgehead atoms. The van der Waals surface area contributed by atoms with Crippen LogP contribution in [-0.2, 0) is 0 Å². The molecule has 23 heavy (non-hydrogen) atoms. The Morgan fingerprint density at radius 1 is 1.26 bits per heavy atom. The minimum atomic E-state index is -2.85. The molecule has 126 valence electrons. The van der Waals surface area contributed by atoms with Crippen LogP contribution in [0, 0.1) is 11.8 Å². The van der Waals surface area contributed by atoms with Crippen molar-refractivity contribution in [3.63, 3.8) is 0 Å². The third kappa shape index (κ3) is 8.02. The third-order valence-electron chi connectivity index (χ3n) is 2.81. The lowest BCUT2D eigenvalue weighted by atomic mass is 10.1. The van der Waals surface area contributed by atoms with Gasteiger partial charge >= 0.3 is 12.6 Å². The molecule has 0 heterocycles. The predicted octanol–water partition coefficient (Wildman–Crippen LogP) is 2.21. The van der Waals surface area contributed by atoms with Gasteiger partial charge in [-0.3, -0.25) is 4.90 Å². The molecule has 0 fully saturated rings. The lowest BCUT2D eigenvalue weighted by Crippen LogP contribution is -2.37. The number of nitrogens with zero attached hydrogens (tertiary/aromatic N) is 1. The summed E-state index contributed by atoms with van der Waals surface area (Å²) in [5, 5.41) is 5.37. The molecule has 0 saturated carbocycles. The molecule has 1 unspecified atom stereocenters. The molecule has 1 atom stereocenters. The predicted molar refractivity (Wildman–Crippen MR) is 84.4 cm³/mol. The van der Waals surface area contributed by atoms with Gasteiger partial charge < -0.3 is 15.4 Å². The van der Waals surface area contributed by atoms with Crippen LogP contribution < -0.4 is 15.4 Å². The van der Waals surface area contributed by atoms with Gasteiger partial charge in [0.15, 0.2) is 0 Å². The van der Waals surface area contributed by atoms with Gasteiger partial charge in [-0.2, -0.15) is 8.78 Å². The largest absolute Gasteiger partial charge is 0.435 e. The second-order valence-electron chi connectivity index (χ2n) is 5.09. The first-order chi connectivity index (χ1) is 10.9. The molecule has 0 radical (unpaired) electrons. The Bertz CT molecular complexity index is 551. The van der Waals surface area contributed by atoms with E-state index in [-0.39, 0.29) is 24.4 Å². The van der Waals surface area contributed by atoms with Crippen LogP contribution in [0.2, 0.25) is 0 Å². The van der Waals surface area contributed by atoms with Gasteiger partial charge in [-0.15, -0.1) is 0 Å². The highest BCUT2D eigenvalue weighted by Crippen LogP contribution is 2.18. The summed E-state index contributed by atoms with van der Waals surface area (Å²) in [6.45, 7) is -0.170. The summed E-state index contributed by atoms with van der Waals surface area (Å²) in [5.41, 5.74) is 0.778. The fourth-order valence-corrected chi connectivity index (χ4v) is 1.67. The zero-order chi connectivity index (χ0) is 17.2. The number of nitrogens with one attached hydrogen (secondary N) is 2. The number of carbonyl (C=O) groups is 1. The van der Waals surface area contributed by atoms with Crippen molar-refractivity contribution in [2.75, 3.05) is 27.2 Å². The van der Waals surface area contributed by atoms with Gasteiger partial charge in [0.1, 0.15) is 5.75 Å². The Hall–Kier alpha value is -2.33. The number of benzene rings is 1.